The number of fused-ring (bicyclic) bond motifs is 1. The topological polar surface area (TPSA) is 102 Å². The minimum absolute atomic E-state index is 0.213. The molecular weight excluding hydrogens is 348 g/mol. The van der Waals surface area contributed by atoms with Crippen molar-refractivity contribution in [2.45, 2.75) is 71.4 Å². The number of hydrogen-bond donors (Lipinski definition) is 2. The molecule has 0 amide bonds. The van der Waals surface area contributed by atoms with Gasteiger partial charge >= 0.3 is 5.69 Å². The van der Waals surface area contributed by atoms with Gasteiger partial charge in [0.15, 0.2) is 11.2 Å². The molecule has 154 valence electrons. The van der Waals surface area contributed by atoms with Crippen molar-refractivity contribution in [1.29, 1.82) is 0 Å². The van der Waals surface area contributed by atoms with E-state index in [1.165, 1.54) is 9.13 Å². The molecule has 0 fully saturated rings. The zero-order valence-corrected chi connectivity index (χ0v) is 17.0. The Kier molecular flexibility index (Phi) is 10.0. The van der Waals surface area contributed by atoms with Crippen LogP contribution in [0.4, 0.5) is 0 Å². The van der Waals surface area contributed by atoms with Gasteiger partial charge in [-0.05, 0) is 26.7 Å². The number of aliphatic hydroxyl groups excluding tert-OH is 2. The van der Waals surface area contributed by atoms with Crippen molar-refractivity contribution >= 4 is 11.2 Å². The van der Waals surface area contributed by atoms with Crippen molar-refractivity contribution in [1.82, 2.24) is 18.7 Å². The fourth-order valence-corrected chi connectivity index (χ4v) is 3.01. The van der Waals surface area contributed by atoms with Crippen molar-refractivity contribution in [3.63, 3.8) is 0 Å². The van der Waals surface area contributed by atoms with Crippen LogP contribution >= 0.6 is 0 Å². The highest BCUT2D eigenvalue weighted by molar-refractivity contribution is 5.69. The number of rotatable bonds is 9. The lowest BCUT2D eigenvalue weighted by Gasteiger charge is -2.08. The van der Waals surface area contributed by atoms with E-state index in [0.29, 0.717) is 17.7 Å². The van der Waals surface area contributed by atoms with Gasteiger partial charge in [-0.1, -0.05) is 32.1 Å². The Bertz CT molecular complexity index is 804. The molecule has 8 nitrogen and oxygen atoms in total. The first-order chi connectivity index (χ1) is 12.8. The first-order valence-electron chi connectivity index (χ1n) is 9.74. The Balaban J connectivity index is 0.00000114. The number of aryl methyl sites for hydroxylation is 2. The smallest absolute Gasteiger partial charge is 0.332 e. The van der Waals surface area contributed by atoms with Gasteiger partial charge in [-0.3, -0.25) is 13.9 Å². The molecule has 0 radical (unpaired) electrons. The summed E-state index contributed by atoms with van der Waals surface area (Å²) in [4.78, 5) is 29.0. The van der Waals surface area contributed by atoms with Crippen LogP contribution in [0, 0.1) is 0 Å². The lowest BCUT2D eigenvalue weighted by Crippen LogP contribution is -2.39. The zero-order valence-electron chi connectivity index (χ0n) is 17.0. The van der Waals surface area contributed by atoms with Crippen molar-refractivity contribution in [2.24, 2.45) is 14.1 Å². The predicted molar refractivity (Wildman–Crippen MR) is 107 cm³/mol. The summed E-state index contributed by atoms with van der Waals surface area (Å²) < 4.78 is 4.42. The van der Waals surface area contributed by atoms with Crippen molar-refractivity contribution in [3.05, 3.63) is 27.2 Å². The SMILES string of the molecule is CC(O)CCCCCCCCn1c(=O)c2c(ncn2C)n(C)c1=O.CCO. The molecular formula is C19H34N4O4. The molecule has 2 N–H and O–H groups in total. The summed E-state index contributed by atoms with van der Waals surface area (Å²) in [6.45, 7) is 4.19. The standard InChI is InChI=1S/C17H28N4O3.C2H6O/c1-13(22)10-8-6-4-5-7-9-11-21-16(23)14-15(18-12-19(14)2)20(3)17(21)24;1-2-3/h12-13,22H,4-11H2,1-3H3;3H,2H2,1H3. The molecule has 27 heavy (non-hydrogen) atoms. The summed E-state index contributed by atoms with van der Waals surface area (Å²) >= 11 is 0. The van der Waals surface area contributed by atoms with Crippen LogP contribution in [0.5, 0.6) is 0 Å². The fraction of sp³-hybridized carbons (Fsp3) is 0.737. The highest BCUT2D eigenvalue weighted by Gasteiger charge is 2.14. The lowest BCUT2D eigenvalue weighted by atomic mass is 10.1. The third-order valence-electron chi connectivity index (χ3n) is 4.45. The molecule has 0 saturated heterocycles. The summed E-state index contributed by atoms with van der Waals surface area (Å²) in [6.07, 6.45) is 8.39. The summed E-state index contributed by atoms with van der Waals surface area (Å²) in [7, 11) is 3.41. The Morgan fingerprint density at radius 1 is 1.07 bits per heavy atom. The van der Waals surface area contributed by atoms with Crippen LogP contribution in [0.25, 0.3) is 11.2 Å². The van der Waals surface area contributed by atoms with Crippen LogP contribution in [-0.2, 0) is 20.6 Å². The van der Waals surface area contributed by atoms with Crippen LogP contribution in [0.1, 0.15) is 58.8 Å². The third-order valence-corrected chi connectivity index (χ3v) is 4.45. The molecule has 2 aromatic rings. The van der Waals surface area contributed by atoms with E-state index in [9.17, 15) is 14.7 Å². The van der Waals surface area contributed by atoms with Gasteiger partial charge in [-0.25, -0.2) is 9.78 Å². The molecule has 2 rings (SSSR count). The van der Waals surface area contributed by atoms with Crippen LogP contribution in [0.3, 0.4) is 0 Å². The average molecular weight is 383 g/mol. The molecule has 0 spiro atoms. The molecule has 0 aliphatic carbocycles. The largest absolute Gasteiger partial charge is 0.397 e. The molecule has 0 aliphatic heterocycles. The summed E-state index contributed by atoms with van der Waals surface area (Å²) in [6, 6.07) is 0. The Morgan fingerprint density at radius 3 is 2.22 bits per heavy atom. The van der Waals surface area contributed by atoms with E-state index < -0.39 is 0 Å². The lowest BCUT2D eigenvalue weighted by molar-refractivity contribution is 0.180. The fourth-order valence-electron chi connectivity index (χ4n) is 3.01. The van der Waals surface area contributed by atoms with Gasteiger partial charge in [0.25, 0.3) is 5.56 Å². The number of aromatic nitrogens is 4. The number of imidazole rings is 1. The van der Waals surface area contributed by atoms with E-state index in [4.69, 9.17) is 5.11 Å². The number of nitrogens with zero attached hydrogens (tertiary/aromatic N) is 4. The highest BCUT2D eigenvalue weighted by atomic mass is 16.3. The molecule has 1 unspecified atom stereocenters. The van der Waals surface area contributed by atoms with Gasteiger partial charge in [0, 0.05) is 27.2 Å². The highest BCUT2D eigenvalue weighted by Crippen LogP contribution is 2.09. The third kappa shape index (κ3) is 6.62. The summed E-state index contributed by atoms with van der Waals surface area (Å²) in [5.41, 5.74) is 0.338. The summed E-state index contributed by atoms with van der Waals surface area (Å²) in [5, 5.41) is 16.8. The van der Waals surface area contributed by atoms with Crippen LogP contribution in [-0.4, -0.2) is 41.6 Å². The van der Waals surface area contributed by atoms with Crippen molar-refractivity contribution in [3.8, 4) is 0 Å². The molecule has 0 bridgehead atoms. The van der Waals surface area contributed by atoms with Crippen molar-refractivity contribution < 1.29 is 10.2 Å². The zero-order chi connectivity index (χ0) is 20.4. The van der Waals surface area contributed by atoms with E-state index >= 15 is 0 Å². The number of hydrogen-bond acceptors (Lipinski definition) is 5. The molecule has 2 aromatic heterocycles. The molecule has 0 aromatic carbocycles. The Labute approximate surface area is 160 Å². The quantitative estimate of drug-likeness (QED) is 0.641. The minimum atomic E-state index is -0.303. The second-order valence-corrected chi connectivity index (χ2v) is 6.90. The predicted octanol–water partition coefficient (Wildman–Crippen LogP) is 1.54. The molecule has 8 heteroatoms. The maximum atomic E-state index is 12.5. The first-order valence-corrected chi connectivity index (χ1v) is 9.74. The number of aliphatic hydroxyl groups is 2. The number of unbranched alkanes of at least 4 members (excludes halogenated alkanes) is 5. The maximum absolute atomic E-state index is 12.5. The second-order valence-electron chi connectivity index (χ2n) is 6.90. The monoisotopic (exact) mass is 382 g/mol. The normalized spacial score (nSPS) is 12.1. The van der Waals surface area contributed by atoms with Crippen LogP contribution < -0.4 is 11.2 Å². The van der Waals surface area contributed by atoms with Crippen LogP contribution in [0.2, 0.25) is 0 Å². The minimum Gasteiger partial charge on any atom is -0.397 e. The van der Waals surface area contributed by atoms with Gasteiger partial charge in [0.05, 0.1) is 12.4 Å². The Hall–Kier alpha value is -1.93. The Morgan fingerprint density at radius 2 is 1.63 bits per heavy atom. The van der Waals surface area contributed by atoms with Gasteiger partial charge in [0.2, 0.25) is 0 Å². The average Bonchev–Trinajstić information content (AvgIpc) is 3.00. The van der Waals surface area contributed by atoms with Crippen molar-refractivity contribution in [2.75, 3.05) is 6.61 Å². The van der Waals surface area contributed by atoms with Gasteiger partial charge < -0.3 is 14.8 Å². The molecule has 1 atom stereocenters. The first kappa shape index (κ1) is 23.1. The maximum Gasteiger partial charge on any atom is 0.332 e. The molecule has 0 aliphatic rings. The van der Waals surface area contributed by atoms with E-state index in [-0.39, 0.29) is 24.0 Å². The van der Waals surface area contributed by atoms with Gasteiger partial charge in [0.1, 0.15) is 0 Å². The summed E-state index contributed by atoms with van der Waals surface area (Å²) in [5.74, 6) is 0. The van der Waals surface area contributed by atoms with E-state index in [1.807, 2.05) is 6.92 Å². The molecule has 2 heterocycles. The van der Waals surface area contributed by atoms with Gasteiger partial charge in [-0.15, -0.1) is 0 Å². The van der Waals surface area contributed by atoms with Gasteiger partial charge in [-0.2, -0.15) is 0 Å². The van der Waals surface area contributed by atoms with E-state index in [2.05, 4.69) is 4.98 Å². The van der Waals surface area contributed by atoms with Crippen LogP contribution in [0.15, 0.2) is 15.9 Å². The van der Waals surface area contributed by atoms with E-state index in [0.717, 1.165) is 44.9 Å². The second kappa shape index (κ2) is 11.7. The van der Waals surface area contributed by atoms with E-state index in [1.54, 1.807) is 31.9 Å². The molecule has 0 saturated carbocycles.